The van der Waals surface area contributed by atoms with E-state index in [1.807, 2.05) is 11.4 Å². The molecule has 3 rings (SSSR count). The Balaban J connectivity index is 1.82. The van der Waals surface area contributed by atoms with Gasteiger partial charge >= 0.3 is 0 Å². The average Bonchev–Trinajstić information content (AvgIpc) is 2.86. The molecule has 0 aliphatic rings. The van der Waals surface area contributed by atoms with Gasteiger partial charge in [-0.25, -0.2) is 9.97 Å². The minimum atomic E-state index is 0.576. The highest BCUT2D eigenvalue weighted by molar-refractivity contribution is 7.98. The van der Waals surface area contributed by atoms with E-state index in [2.05, 4.69) is 42.0 Å². The molecular weight excluding hydrogens is 286 g/mol. The van der Waals surface area contributed by atoms with E-state index >= 15 is 0 Å². The molecule has 1 aromatic carbocycles. The highest BCUT2D eigenvalue weighted by atomic mass is 32.2. The van der Waals surface area contributed by atoms with Crippen LogP contribution in [-0.2, 0) is 5.75 Å². The Bertz CT molecular complexity index is 765. The minimum absolute atomic E-state index is 0.576. The van der Waals surface area contributed by atoms with E-state index in [1.54, 1.807) is 23.1 Å². The first-order valence-electron chi connectivity index (χ1n) is 6.33. The molecule has 0 aliphatic carbocycles. The summed E-state index contributed by atoms with van der Waals surface area (Å²) in [5.41, 5.74) is 8.54. The standard InChI is InChI=1S/C15H15N3S2/c1-9-3-4-12(10(2)7-9)20-8-13-17-14(16)11-5-6-19-15(11)18-13/h3-7H,8H2,1-2H3,(H2,16,17,18). The Labute approximate surface area is 126 Å². The molecule has 0 unspecified atom stereocenters. The van der Waals surface area contributed by atoms with Crippen molar-refractivity contribution >= 4 is 39.1 Å². The van der Waals surface area contributed by atoms with Crippen LogP contribution < -0.4 is 5.73 Å². The number of aryl methyl sites for hydroxylation is 2. The van der Waals surface area contributed by atoms with E-state index in [-0.39, 0.29) is 0 Å². The Morgan fingerprint density at radius 3 is 2.85 bits per heavy atom. The number of nitrogens with zero attached hydrogens (tertiary/aromatic N) is 2. The van der Waals surface area contributed by atoms with Crippen LogP contribution in [0.5, 0.6) is 0 Å². The molecule has 0 spiro atoms. The first kappa shape index (κ1) is 13.4. The fourth-order valence-electron chi connectivity index (χ4n) is 2.09. The lowest BCUT2D eigenvalue weighted by atomic mass is 10.2. The number of rotatable bonds is 3. The van der Waals surface area contributed by atoms with E-state index in [0.29, 0.717) is 5.82 Å². The van der Waals surface area contributed by atoms with E-state index in [9.17, 15) is 0 Å². The molecule has 2 aromatic heterocycles. The summed E-state index contributed by atoms with van der Waals surface area (Å²) in [6.07, 6.45) is 0. The minimum Gasteiger partial charge on any atom is -0.383 e. The van der Waals surface area contributed by atoms with Crippen molar-refractivity contribution in [2.45, 2.75) is 24.5 Å². The van der Waals surface area contributed by atoms with Crippen molar-refractivity contribution in [2.75, 3.05) is 5.73 Å². The molecule has 0 aliphatic heterocycles. The molecule has 2 heterocycles. The van der Waals surface area contributed by atoms with Gasteiger partial charge in [-0.2, -0.15) is 0 Å². The van der Waals surface area contributed by atoms with Gasteiger partial charge in [-0.3, -0.25) is 0 Å². The zero-order chi connectivity index (χ0) is 14.1. The summed E-state index contributed by atoms with van der Waals surface area (Å²) in [5, 5.41) is 2.95. The molecule has 0 bridgehead atoms. The van der Waals surface area contributed by atoms with Gasteiger partial charge in [-0.1, -0.05) is 17.7 Å². The predicted molar refractivity (Wildman–Crippen MR) is 87.3 cm³/mol. The van der Waals surface area contributed by atoms with Gasteiger partial charge in [0, 0.05) is 4.90 Å². The average molecular weight is 301 g/mol. The fourth-order valence-corrected chi connectivity index (χ4v) is 3.75. The number of anilines is 1. The Morgan fingerprint density at radius 2 is 2.05 bits per heavy atom. The number of hydrogen-bond acceptors (Lipinski definition) is 5. The monoisotopic (exact) mass is 301 g/mol. The predicted octanol–water partition coefficient (Wildman–Crippen LogP) is 4.18. The second-order valence-corrected chi connectivity index (χ2v) is 6.63. The molecule has 0 saturated carbocycles. The van der Waals surface area contributed by atoms with Gasteiger partial charge in [0.15, 0.2) is 0 Å². The van der Waals surface area contributed by atoms with Crippen molar-refractivity contribution in [2.24, 2.45) is 0 Å². The summed E-state index contributed by atoms with van der Waals surface area (Å²) >= 11 is 3.35. The lowest BCUT2D eigenvalue weighted by Crippen LogP contribution is -1.98. The van der Waals surface area contributed by atoms with Crippen molar-refractivity contribution in [3.05, 3.63) is 46.6 Å². The molecule has 0 amide bonds. The number of hydrogen-bond donors (Lipinski definition) is 1. The van der Waals surface area contributed by atoms with Crippen molar-refractivity contribution in [1.82, 2.24) is 9.97 Å². The molecule has 5 heteroatoms. The molecule has 0 fully saturated rings. The van der Waals surface area contributed by atoms with Gasteiger partial charge in [-0.15, -0.1) is 23.1 Å². The van der Waals surface area contributed by atoms with Crippen LogP contribution >= 0.6 is 23.1 Å². The number of aromatic nitrogens is 2. The smallest absolute Gasteiger partial charge is 0.142 e. The normalized spacial score (nSPS) is 11.1. The SMILES string of the molecule is Cc1ccc(SCc2nc(N)c3ccsc3n2)c(C)c1. The summed E-state index contributed by atoms with van der Waals surface area (Å²) in [6.45, 7) is 4.24. The molecule has 0 radical (unpaired) electrons. The van der Waals surface area contributed by atoms with E-state index in [4.69, 9.17) is 5.73 Å². The molecule has 0 atom stereocenters. The van der Waals surface area contributed by atoms with Crippen molar-refractivity contribution in [1.29, 1.82) is 0 Å². The quantitative estimate of drug-likeness (QED) is 0.737. The summed E-state index contributed by atoms with van der Waals surface area (Å²) in [4.78, 5) is 11.2. The second kappa shape index (κ2) is 5.42. The van der Waals surface area contributed by atoms with Gasteiger partial charge in [-0.05, 0) is 36.9 Å². The number of benzene rings is 1. The van der Waals surface area contributed by atoms with Crippen LogP contribution in [0.15, 0.2) is 34.5 Å². The Hall–Kier alpha value is -1.59. The van der Waals surface area contributed by atoms with Crippen molar-refractivity contribution < 1.29 is 0 Å². The first-order chi connectivity index (χ1) is 9.63. The largest absolute Gasteiger partial charge is 0.383 e. The maximum absolute atomic E-state index is 5.97. The molecule has 102 valence electrons. The Morgan fingerprint density at radius 1 is 1.20 bits per heavy atom. The van der Waals surface area contributed by atoms with Crippen LogP contribution in [-0.4, -0.2) is 9.97 Å². The van der Waals surface area contributed by atoms with Crippen LogP contribution in [0, 0.1) is 13.8 Å². The van der Waals surface area contributed by atoms with Gasteiger partial charge in [0.05, 0.1) is 11.1 Å². The third-order valence-corrected chi connectivity index (χ3v) is 5.07. The van der Waals surface area contributed by atoms with Gasteiger partial charge in [0.25, 0.3) is 0 Å². The lowest BCUT2D eigenvalue weighted by molar-refractivity contribution is 1.08. The summed E-state index contributed by atoms with van der Waals surface area (Å²) < 4.78 is 0. The van der Waals surface area contributed by atoms with Gasteiger partial charge in [0.2, 0.25) is 0 Å². The topological polar surface area (TPSA) is 51.8 Å². The van der Waals surface area contributed by atoms with E-state index in [0.717, 1.165) is 21.8 Å². The summed E-state index contributed by atoms with van der Waals surface area (Å²) in [7, 11) is 0. The first-order valence-corrected chi connectivity index (χ1v) is 8.19. The second-order valence-electron chi connectivity index (χ2n) is 4.72. The molecule has 3 nitrogen and oxygen atoms in total. The fraction of sp³-hybridized carbons (Fsp3) is 0.200. The zero-order valence-corrected chi connectivity index (χ0v) is 13.0. The highest BCUT2D eigenvalue weighted by Gasteiger charge is 2.07. The number of thioether (sulfide) groups is 1. The lowest BCUT2D eigenvalue weighted by Gasteiger charge is -2.06. The summed E-state index contributed by atoms with van der Waals surface area (Å²) in [5.74, 6) is 2.11. The zero-order valence-electron chi connectivity index (χ0n) is 11.4. The molecule has 0 saturated heterocycles. The van der Waals surface area contributed by atoms with Crippen molar-refractivity contribution in [3.63, 3.8) is 0 Å². The van der Waals surface area contributed by atoms with E-state index in [1.165, 1.54) is 16.0 Å². The Kier molecular flexibility index (Phi) is 3.63. The van der Waals surface area contributed by atoms with Crippen LogP contribution in [0.25, 0.3) is 10.2 Å². The van der Waals surface area contributed by atoms with Crippen LogP contribution in [0.1, 0.15) is 17.0 Å². The van der Waals surface area contributed by atoms with Crippen LogP contribution in [0.3, 0.4) is 0 Å². The number of nitrogens with two attached hydrogens (primary N) is 1. The molecule has 2 N–H and O–H groups in total. The number of fused-ring (bicyclic) bond motifs is 1. The molecular formula is C15H15N3S2. The maximum Gasteiger partial charge on any atom is 0.142 e. The van der Waals surface area contributed by atoms with E-state index < -0.39 is 0 Å². The summed E-state index contributed by atoms with van der Waals surface area (Å²) in [6, 6.07) is 8.45. The molecule has 20 heavy (non-hydrogen) atoms. The van der Waals surface area contributed by atoms with Gasteiger partial charge in [0.1, 0.15) is 16.5 Å². The number of thiophene rings is 1. The number of nitrogen functional groups attached to an aromatic ring is 1. The maximum atomic E-state index is 5.97. The molecule has 3 aromatic rings. The third kappa shape index (κ3) is 2.64. The van der Waals surface area contributed by atoms with Crippen LogP contribution in [0.4, 0.5) is 5.82 Å². The third-order valence-electron chi connectivity index (χ3n) is 3.09. The van der Waals surface area contributed by atoms with Crippen molar-refractivity contribution in [3.8, 4) is 0 Å². The van der Waals surface area contributed by atoms with Gasteiger partial charge < -0.3 is 5.73 Å². The van der Waals surface area contributed by atoms with Crippen LogP contribution in [0.2, 0.25) is 0 Å². The highest BCUT2D eigenvalue weighted by Crippen LogP contribution is 2.28.